The summed E-state index contributed by atoms with van der Waals surface area (Å²) in [6.45, 7) is 3.38. The molecule has 1 amide bonds. The second-order valence-electron chi connectivity index (χ2n) is 4.89. The molecule has 1 N–H and O–H groups in total. The molecule has 0 saturated heterocycles. The van der Waals surface area contributed by atoms with Gasteiger partial charge >= 0.3 is 0 Å². The molecular formula is C15H23FN2O. The van der Waals surface area contributed by atoms with Crippen LogP contribution in [-0.2, 0) is 11.2 Å². The number of amides is 1. The average Bonchev–Trinajstić information content (AvgIpc) is 2.42. The van der Waals surface area contributed by atoms with Crippen LogP contribution in [0, 0.1) is 11.7 Å². The number of hydrogen-bond donors (Lipinski definition) is 1. The van der Waals surface area contributed by atoms with E-state index in [1.165, 1.54) is 6.07 Å². The van der Waals surface area contributed by atoms with Gasteiger partial charge in [0.2, 0.25) is 5.91 Å². The van der Waals surface area contributed by atoms with Gasteiger partial charge in [-0.1, -0.05) is 25.1 Å². The zero-order valence-corrected chi connectivity index (χ0v) is 11.9. The number of rotatable bonds is 7. The predicted octanol–water partition coefficient (Wildman–Crippen LogP) is 2.07. The van der Waals surface area contributed by atoms with Crippen molar-refractivity contribution in [3.63, 3.8) is 0 Å². The van der Waals surface area contributed by atoms with E-state index in [4.69, 9.17) is 0 Å². The molecule has 0 bridgehead atoms. The smallest absolute Gasteiger partial charge is 0.225 e. The van der Waals surface area contributed by atoms with E-state index in [1.807, 2.05) is 20.0 Å². The third-order valence-electron chi connectivity index (χ3n) is 3.30. The Balaban J connectivity index is 2.44. The van der Waals surface area contributed by atoms with Crippen molar-refractivity contribution < 1.29 is 9.18 Å². The van der Waals surface area contributed by atoms with Gasteiger partial charge in [-0.05, 0) is 31.5 Å². The van der Waals surface area contributed by atoms with Crippen LogP contribution in [0.2, 0.25) is 0 Å². The lowest BCUT2D eigenvalue weighted by molar-refractivity contribution is -0.133. The average molecular weight is 266 g/mol. The molecule has 0 aliphatic heterocycles. The van der Waals surface area contributed by atoms with Gasteiger partial charge in [0.15, 0.2) is 0 Å². The van der Waals surface area contributed by atoms with Crippen LogP contribution in [0.4, 0.5) is 4.39 Å². The number of benzene rings is 1. The van der Waals surface area contributed by atoms with E-state index in [2.05, 4.69) is 5.32 Å². The molecule has 0 aliphatic carbocycles. The second kappa shape index (κ2) is 7.89. The maximum absolute atomic E-state index is 13.5. The summed E-state index contributed by atoms with van der Waals surface area (Å²) in [6, 6.07) is 6.74. The van der Waals surface area contributed by atoms with Gasteiger partial charge in [0.1, 0.15) is 5.82 Å². The van der Waals surface area contributed by atoms with Crippen LogP contribution in [0.5, 0.6) is 0 Å². The van der Waals surface area contributed by atoms with Gasteiger partial charge in [0.25, 0.3) is 0 Å². The lowest BCUT2D eigenvalue weighted by Gasteiger charge is -2.21. The summed E-state index contributed by atoms with van der Waals surface area (Å²) >= 11 is 0. The molecule has 19 heavy (non-hydrogen) atoms. The first kappa shape index (κ1) is 15.6. The topological polar surface area (TPSA) is 32.3 Å². The highest BCUT2D eigenvalue weighted by Gasteiger charge is 2.17. The van der Waals surface area contributed by atoms with Crippen molar-refractivity contribution in [3.8, 4) is 0 Å². The maximum atomic E-state index is 13.5. The molecule has 1 rings (SSSR count). The van der Waals surface area contributed by atoms with Gasteiger partial charge in [-0.25, -0.2) is 4.39 Å². The molecule has 0 fully saturated rings. The largest absolute Gasteiger partial charge is 0.344 e. The lowest BCUT2D eigenvalue weighted by atomic mass is 9.99. The Morgan fingerprint density at radius 3 is 2.74 bits per heavy atom. The van der Waals surface area contributed by atoms with Crippen LogP contribution < -0.4 is 5.32 Å². The number of nitrogens with one attached hydrogen (secondary N) is 1. The quantitative estimate of drug-likeness (QED) is 0.819. The summed E-state index contributed by atoms with van der Waals surface area (Å²) in [5.41, 5.74) is 0.681. The summed E-state index contributed by atoms with van der Waals surface area (Å²) in [5.74, 6) is -0.154. The van der Waals surface area contributed by atoms with Crippen LogP contribution in [0.15, 0.2) is 24.3 Å². The number of halogens is 1. The molecule has 0 heterocycles. The van der Waals surface area contributed by atoms with E-state index in [9.17, 15) is 9.18 Å². The van der Waals surface area contributed by atoms with Crippen LogP contribution in [-0.4, -0.2) is 38.0 Å². The Labute approximate surface area is 114 Å². The minimum Gasteiger partial charge on any atom is -0.344 e. The number of carbonyl (C=O) groups is 1. The number of nitrogens with zero attached hydrogens (tertiary/aromatic N) is 1. The second-order valence-corrected chi connectivity index (χ2v) is 4.89. The zero-order chi connectivity index (χ0) is 14.3. The highest BCUT2D eigenvalue weighted by molar-refractivity contribution is 5.78. The maximum Gasteiger partial charge on any atom is 0.225 e. The standard InChI is InChI=1S/C15H23FN2O/c1-12(15(19)18(3)11-10-17-2)8-9-13-6-4-5-7-14(13)16/h4-7,12,17H,8-11H2,1-3H3. The predicted molar refractivity (Wildman–Crippen MR) is 75.4 cm³/mol. The van der Waals surface area contributed by atoms with Gasteiger partial charge in [0, 0.05) is 26.1 Å². The van der Waals surface area contributed by atoms with Crippen LogP contribution in [0.25, 0.3) is 0 Å². The fraction of sp³-hybridized carbons (Fsp3) is 0.533. The molecule has 4 heteroatoms. The summed E-state index contributed by atoms with van der Waals surface area (Å²) in [5, 5.41) is 3.01. The Morgan fingerprint density at radius 2 is 2.11 bits per heavy atom. The summed E-state index contributed by atoms with van der Waals surface area (Å²) < 4.78 is 13.5. The molecule has 106 valence electrons. The first-order valence-corrected chi connectivity index (χ1v) is 6.69. The van der Waals surface area contributed by atoms with Gasteiger partial charge in [0.05, 0.1) is 0 Å². The fourth-order valence-electron chi connectivity index (χ4n) is 1.96. The van der Waals surface area contributed by atoms with Crippen LogP contribution in [0.3, 0.4) is 0 Å². The van der Waals surface area contributed by atoms with Crippen molar-refractivity contribution in [2.75, 3.05) is 27.2 Å². The highest BCUT2D eigenvalue weighted by Crippen LogP contribution is 2.14. The third kappa shape index (κ3) is 4.99. The molecule has 0 aromatic heterocycles. The van der Waals surface area contributed by atoms with Gasteiger partial charge in [-0.3, -0.25) is 4.79 Å². The molecule has 0 radical (unpaired) electrons. The van der Waals surface area contributed by atoms with E-state index in [1.54, 1.807) is 24.1 Å². The SMILES string of the molecule is CNCCN(C)C(=O)C(C)CCc1ccccc1F. The molecular weight excluding hydrogens is 243 g/mol. The van der Waals surface area contributed by atoms with Gasteiger partial charge in [-0.15, -0.1) is 0 Å². The first-order valence-electron chi connectivity index (χ1n) is 6.69. The Morgan fingerprint density at radius 1 is 1.42 bits per heavy atom. The summed E-state index contributed by atoms with van der Waals surface area (Å²) in [4.78, 5) is 13.8. The van der Waals surface area contributed by atoms with E-state index >= 15 is 0 Å². The molecule has 3 nitrogen and oxygen atoms in total. The Kier molecular flexibility index (Phi) is 6.50. The van der Waals surface area contributed by atoms with Crippen molar-refractivity contribution in [1.29, 1.82) is 0 Å². The van der Waals surface area contributed by atoms with E-state index < -0.39 is 0 Å². The molecule has 1 aromatic rings. The molecule has 0 saturated carbocycles. The number of aryl methyl sites for hydroxylation is 1. The van der Waals surface area contributed by atoms with Gasteiger partial charge in [-0.2, -0.15) is 0 Å². The van der Waals surface area contributed by atoms with Gasteiger partial charge < -0.3 is 10.2 Å². The van der Waals surface area contributed by atoms with E-state index in [0.29, 0.717) is 24.9 Å². The molecule has 1 unspecified atom stereocenters. The van der Waals surface area contributed by atoms with Crippen LogP contribution >= 0.6 is 0 Å². The summed E-state index contributed by atoms with van der Waals surface area (Å²) in [6.07, 6.45) is 1.27. The minimum atomic E-state index is -0.189. The monoisotopic (exact) mass is 266 g/mol. The van der Waals surface area contributed by atoms with Crippen molar-refractivity contribution >= 4 is 5.91 Å². The van der Waals surface area contributed by atoms with Crippen molar-refractivity contribution in [1.82, 2.24) is 10.2 Å². The number of carbonyl (C=O) groups excluding carboxylic acids is 1. The lowest BCUT2D eigenvalue weighted by Crippen LogP contribution is -2.36. The molecule has 1 atom stereocenters. The number of hydrogen-bond acceptors (Lipinski definition) is 2. The van der Waals surface area contributed by atoms with Crippen molar-refractivity contribution in [2.45, 2.75) is 19.8 Å². The fourth-order valence-corrected chi connectivity index (χ4v) is 1.96. The normalized spacial score (nSPS) is 12.2. The molecule has 1 aromatic carbocycles. The number of likely N-dealkylation sites (N-methyl/N-ethyl adjacent to an activating group) is 2. The Hall–Kier alpha value is -1.42. The molecule has 0 spiro atoms. The van der Waals surface area contributed by atoms with Crippen LogP contribution in [0.1, 0.15) is 18.9 Å². The zero-order valence-electron chi connectivity index (χ0n) is 11.9. The highest BCUT2D eigenvalue weighted by atomic mass is 19.1. The molecule has 0 aliphatic rings. The van der Waals surface area contributed by atoms with Crippen molar-refractivity contribution in [2.24, 2.45) is 5.92 Å². The van der Waals surface area contributed by atoms with E-state index in [0.717, 1.165) is 6.54 Å². The minimum absolute atomic E-state index is 0.0820. The van der Waals surface area contributed by atoms with E-state index in [-0.39, 0.29) is 17.6 Å². The first-order chi connectivity index (χ1) is 9.06. The van der Waals surface area contributed by atoms with Crippen molar-refractivity contribution in [3.05, 3.63) is 35.6 Å². The Bertz CT molecular complexity index is 409. The third-order valence-corrected chi connectivity index (χ3v) is 3.30. The summed E-state index contributed by atoms with van der Waals surface area (Å²) in [7, 11) is 3.67.